The van der Waals surface area contributed by atoms with E-state index in [0.29, 0.717) is 5.96 Å². The number of rotatable bonds is 6. The number of benzene rings is 1. The molecule has 2 heterocycles. The Morgan fingerprint density at radius 2 is 2.33 bits per heavy atom. The minimum absolute atomic E-state index is 0.0618. The topological polar surface area (TPSA) is 96.6 Å². The zero-order valence-electron chi connectivity index (χ0n) is 16.1. The second kappa shape index (κ2) is 8.85. The van der Waals surface area contributed by atoms with Crippen molar-refractivity contribution in [1.29, 1.82) is 0 Å². The number of aliphatic imine (C=N–C) groups is 1. The number of nitrogens with zero attached hydrogens (tertiary/aromatic N) is 4. The molecule has 2 atom stereocenters. The molecule has 0 aliphatic carbocycles. The van der Waals surface area contributed by atoms with Gasteiger partial charge in [-0.25, -0.2) is 9.67 Å². The average molecular weight is 372 g/mol. The molecule has 27 heavy (non-hydrogen) atoms. The SMILES string of the molecule is CCNC(=NCC(O)c1cccc(OC)c1)NC1CCCn2nc(C)nc21. The molecular formula is C19H28N6O2. The summed E-state index contributed by atoms with van der Waals surface area (Å²) in [6.45, 7) is 5.81. The fourth-order valence-electron chi connectivity index (χ4n) is 3.22. The number of guanidine groups is 1. The van der Waals surface area contributed by atoms with Crippen molar-refractivity contribution in [2.24, 2.45) is 4.99 Å². The summed E-state index contributed by atoms with van der Waals surface area (Å²) < 4.78 is 7.18. The van der Waals surface area contributed by atoms with Crippen molar-refractivity contribution in [2.45, 2.75) is 45.4 Å². The molecule has 0 radical (unpaired) electrons. The molecule has 3 rings (SSSR count). The lowest BCUT2D eigenvalue weighted by molar-refractivity contribution is 0.186. The zero-order valence-corrected chi connectivity index (χ0v) is 16.1. The van der Waals surface area contributed by atoms with Crippen LogP contribution >= 0.6 is 0 Å². The summed E-state index contributed by atoms with van der Waals surface area (Å²) in [7, 11) is 1.61. The van der Waals surface area contributed by atoms with E-state index in [4.69, 9.17) is 4.74 Å². The van der Waals surface area contributed by atoms with Crippen LogP contribution in [0.4, 0.5) is 0 Å². The molecule has 3 N–H and O–H groups in total. The molecule has 1 aromatic heterocycles. The first kappa shape index (κ1) is 19.2. The number of hydrogen-bond acceptors (Lipinski definition) is 5. The largest absolute Gasteiger partial charge is 0.497 e. The van der Waals surface area contributed by atoms with Crippen molar-refractivity contribution in [1.82, 2.24) is 25.4 Å². The minimum atomic E-state index is -0.701. The molecule has 1 aliphatic heterocycles. The van der Waals surface area contributed by atoms with E-state index in [1.165, 1.54) is 0 Å². The molecule has 1 aromatic carbocycles. The lowest BCUT2D eigenvalue weighted by atomic mass is 10.1. The molecule has 1 aliphatic rings. The number of nitrogens with one attached hydrogen (secondary N) is 2. The van der Waals surface area contributed by atoms with Crippen LogP contribution in [0.5, 0.6) is 5.75 Å². The van der Waals surface area contributed by atoms with Gasteiger partial charge < -0.3 is 20.5 Å². The minimum Gasteiger partial charge on any atom is -0.497 e. The van der Waals surface area contributed by atoms with E-state index >= 15 is 0 Å². The van der Waals surface area contributed by atoms with Crippen LogP contribution in [0, 0.1) is 6.92 Å². The van der Waals surface area contributed by atoms with E-state index in [1.54, 1.807) is 7.11 Å². The van der Waals surface area contributed by atoms with Crippen LogP contribution in [0.3, 0.4) is 0 Å². The second-order valence-corrected chi connectivity index (χ2v) is 6.59. The Balaban J connectivity index is 1.69. The molecule has 146 valence electrons. The van der Waals surface area contributed by atoms with Crippen molar-refractivity contribution in [3.05, 3.63) is 41.5 Å². The van der Waals surface area contributed by atoms with Gasteiger partial charge in [0.25, 0.3) is 0 Å². The lowest BCUT2D eigenvalue weighted by Gasteiger charge is -2.25. The molecule has 8 nitrogen and oxygen atoms in total. The number of aromatic nitrogens is 3. The fraction of sp³-hybridized carbons (Fsp3) is 0.526. The van der Waals surface area contributed by atoms with Gasteiger partial charge in [-0.3, -0.25) is 4.99 Å². The van der Waals surface area contributed by atoms with Gasteiger partial charge in [0.2, 0.25) is 0 Å². The van der Waals surface area contributed by atoms with E-state index in [2.05, 4.69) is 25.7 Å². The Morgan fingerprint density at radius 1 is 1.48 bits per heavy atom. The first-order valence-corrected chi connectivity index (χ1v) is 9.39. The highest BCUT2D eigenvalue weighted by atomic mass is 16.5. The smallest absolute Gasteiger partial charge is 0.191 e. The molecule has 0 bridgehead atoms. The molecule has 2 unspecified atom stereocenters. The summed E-state index contributed by atoms with van der Waals surface area (Å²) in [6.07, 6.45) is 1.31. The van der Waals surface area contributed by atoms with Crippen molar-refractivity contribution in [3.63, 3.8) is 0 Å². The normalized spacial score (nSPS) is 17.9. The summed E-state index contributed by atoms with van der Waals surface area (Å²) in [4.78, 5) is 9.12. The van der Waals surface area contributed by atoms with E-state index in [0.717, 1.165) is 48.9 Å². The van der Waals surface area contributed by atoms with Crippen LogP contribution in [0.15, 0.2) is 29.3 Å². The Kier molecular flexibility index (Phi) is 6.28. The molecule has 0 fully saturated rings. The third kappa shape index (κ3) is 4.77. The number of aryl methyl sites for hydroxylation is 2. The van der Waals surface area contributed by atoms with Gasteiger partial charge in [-0.15, -0.1) is 0 Å². The van der Waals surface area contributed by atoms with Gasteiger partial charge in [-0.05, 0) is 44.4 Å². The number of ether oxygens (including phenoxy) is 1. The maximum atomic E-state index is 10.5. The van der Waals surface area contributed by atoms with Crippen molar-refractivity contribution >= 4 is 5.96 Å². The van der Waals surface area contributed by atoms with E-state index in [9.17, 15) is 5.11 Å². The van der Waals surface area contributed by atoms with Gasteiger partial charge in [0.1, 0.15) is 17.4 Å². The maximum absolute atomic E-state index is 10.5. The fourth-order valence-corrected chi connectivity index (χ4v) is 3.22. The molecule has 2 aromatic rings. The Labute approximate surface area is 159 Å². The highest BCUT2D eigenvalue weighted by molar-refractivity contribution is 5.80. The van der Waals surface area contributed by atoms with Crippen molar-refractivity contribution < 1.29 is 9.84 Å². The third-order valence-electron chi connectivity index (χ3n) is 4.54. The number of fused-ring (bicyclic) bond motifs is 1. The molecule has 0 saturated heterocycles. The number of aliphatic hydroxyl groups is 1. The van der Waals surface area contributed by atoms with Crippen molar-refractivity contribution in [3.8, 4) is 5.75 Å². The summed E-state index contributed by atoms with van der Waals surface area (Å²) >= 11 is 0. The lowest BCUT2D eigenvalue weighted by Crippen LogP contribution is -2.41. The standard InChI is InChI=1S/C19H28N6O2/c1-4-20-19(21-12-17(26)14-7-5-8-15(11-14)27-3)23-16-9-6-10-25-18(16)22-13(2)24-25/h5,7-8,11,16-17,26H,4,6,9-10,12H2,1-3H3,(H2,20,21,23). The average Bonchev–Trinajstić information content (AvgIpc) is 3.07. The van der Waals surface area contributed by atoms with Gasteiger partial charge in [0.05, 0.1) is 25.8 Å². The predicted octanol–water partition coefficient (Wildman–Crippen LogP) is 1.72. The monoisotopic (exact) mass is 372 g/mol. The second-order valence-electron chi connectivity index (χ2n) is 6.59. The Morgan fingerprint density at radius 3 is 3.11 bits per heavy atom. The van der Waals surface area contributed by atoms with Gasteiger partial charge in [0, 0.05) is 13.1 Å². The van der Waals surface area contributed by atoms with Gasteiger partial charge in [0.15, 0.2) is 5.96 Å². The van der Waals surface area contributed by atoms with Gasteiger partial charge >= 0.3 is 0 Å². The highest BCUT2D eigenvalue weighted by Gasteiger charge is 2.24. The molecule has 0 amide bonds. The van der Waals surface area contributed by atoms with Gasteiger partial charge in [-0.1, -0.05) is 12.1 Å². The number of methoxy groups -OCH3 is 1. The molecular weight excluding hydrogens is 344 g/mol. The molecule has 8 heteroatoms. The van der Waals surface area contributed by atoms with Crippen LogP contribution < -0.4 is 15.4 Å². The summed E-state index contributed by atoms with van der Waals surface area (Å²) in [5, 5.41) is 21.6. The van der Waals surface area contributed by atoms with Crippen LogP contribution in [-0.4, -0.2) is 46.0 Å². The van der Waals surface area contributed by atoms with Crippen LogP contribution in [0.25, 0.3) is 0 Å². The summed E-state index contributed by atoms with van der Waals surface area (Å²) in [5.41, 5.74) is 0.780. The van der Waals surface area contributed by atoms with Crippen LogP contribution in [-0.2, 0) is 6.54 Å². The first-order valence-electron chi connectivity index (χ1n) is 9.39. The van der Waals surface area contributed by atoms with Crippen LogP contribution in [0.1, 0.15) is 49.1 Å². The number of aliphatic hydroxyl groups excluding tert-OH is 1. The zero-order chi connectivity index (χ0) is 19.2. The summed E-state index contributed by atoms with van der Waals surface area (Å²) in [6, 6.07) is 7.47. The molecule has 0 saturated carbocycles. The van der Waals surface area contributed by atoms with E-state index in [-0.39, 0.29) is 12.6 Å². The van der Waals surface area contributed by atoms with E-state index < -0.39 is 6.10 Å². The third-order valence-corrected chi connectivity index (χ3v) is 4.54. The number of hydrogen-bond donors (Lipinski definition) is 3. The van der Waals surface area contributed by atoms with Crippen LogP contribution in [0.2, 0.25) is 0 Å². The maximum Gasteiger partial charge on any atom is 0.191 e. The van der Waals surface area contributed by atoms with Gasteiger partial charge in [-0.2, -0.15) is 5.10 Å². The highest BCUT2D eigenvalue weighted by Crippen LogP contribution is 2.23. The Hall–Kier alpha value is -2.61. The summed E-state index contributed by atoms with van der Waals surface area (Å²) in [5.74, 6) is 3.11. The predicted molar refractivity (Wildman–Crippen MR) is 104 cm³/mol. The first-order chi connectivity index (χ1) is 13.1. The Bertz CT molecular complexity index is 788. The van der Waals surface area contributed by atoms with E-state index in [1.807, 2.05) is 42.8 Å². The van der Waals surface area contributed by atoms with Crippen molar-refractivity contribution in [2.75, 3.05) is 20.2 Å². The molecule has 0 spiro atoms. The quantitative estimate of drug-likeness (QED) is 0.528.